The summed E-state index contributed by atoms with van der Waals surface area (Å²) < 4.78 is 1.78. The van der Waals surface area contributed by atoms with Crippen LogP contribution in [-0.4, -0.2) is 37.7 Å². The summed E-state index contributed by atoms with van der Waals surface area (Å²) >= 11 is 0. The fourth-order valence-electron chi connectivity index (χ4n) is 3.19. The number of hydrogen-bond acceptors (Lipinski definition) is 7. The monoisotopic (exact) mass is 376 g/mol. The van der Waals surface area contributed by atoms with Gasteiger partial charge in [-0.15, -0.1) is 0 Å². The Balaban J connectivity index is 1.60. The van der Waals surface area contributed by atoms with Crippen LogP contribution in [0.4, 0.5) is 5.82 Å². The Morgan fingerprint density at radius 2 is 1.96 bits per heavy atom. The molecule has 0 aromatic carbocycles. The lowest BCUT2D eigenvalue weighted by Crippen LogP contribution is -2.36. The zero-order chi connectivity index (χ0) is 19.5. The Morgan fingerprint density at radius 1 is 1.11 bits per heavy atom. The van der Waals surface area contributed by atoms with E-state index in [-0.39, 0.29) is 0 Å². The van der Waals surface area contributed by atoms with Crippen LogP contribution in [-0.2, 0) is 7.05 Å². The second-order valence-electron chi connectivity index (χ2n) is 6.56. The predicted molar refractivity (Wildman–Crippen MR) is 111 cm³/mol. The van der Waals surface area contributed by atoms with Crippen LogP contribution < -0.4 is 16.2 Å². The molecule has 0 spiro atoms. The third-order valence-electron chi connectivity index (χ3n) is 4.69. The van der Waals surface area contributed by atoms with Crippen molar-refractivity contribution in [2.24, 2.45) is 7.05 Å². The molecule has 8 nitrogen and oxygen atoms in total. The van der Waals surface area contributed by atoms with Gasteiger partial charge in [-0.3, -0.25) is 15.1 Å². The molecular formula is C20H24N8. The van der Waals surface area contributed by atoms with E-state index in [1.807, 2.05) is 50.0 Å². The number of allylic oxidation sites excluding steroid dienone is 1. The lowest BCUT2D eigenvalue weighted by atomic mass is 10.1. The van der Waals surface area contributed by atoms with Crippen molar-refractivity contribution in [3.05, 3.63) is 60.6 Å². The van der Waals surface area contributed by atoms with E-state index in [1.165, 1.54) is 0 Å². The van der Waals surface area contributed by atoms with Gasteiger partial charge in [0.05, 0.1) is 22.9 Å². The highest BCUT2D eigenvalue weighted by Gasteiger charge is 2.11. The maximum absolute atomic E-state index is 4.73. The molecule has 4 heterocycles. The van der Waals surface area contributed by atoms with Crippen molar-refractivity contribution in [1.29, 1.82) is 0 Å². The van der Waals surface area contributed by atoms with Crippen molar-refractivity contribution in [3.8, 4) is 11.1 Å². The van der Waals surface area contributed by atoms with Gasteiger partial charge in [0.2, 0.25) is 0 Å². The fourth-order valence-corrected chi connectivity index (χ4v) is 3.19. The molecule has 8 heteroatoms. The van der Waals surface area contributed by atoms with Crippen molar-refractivity contribution >= 4 is 16.9 Å². The van der Waals surface area contributed by atoms with Gasteiger partial charge in [-0.05, 0) is 32.0 Å². The topological polar surface area (TPSA) is 82.9 Å². The minimum absolute atomic E-state index is 0.749. The van der Waals surface area contributed by atoms with Gasteiger partial charge in [0, 0.05) is 55.9 Å². The van der Waals surface area contributed by atoms with Crippen LogP contribution in [0.5, 0.6) is 0 Å². The quantitative estimate of drug-likeness (QED) is 0.610. The molecule has 144 valence electrons. The van der Waals surface area contributed by atoms with Gasteiger partial charge in [0.25, 0.3) is 0 Å². The lowest BCUT2D eigenvalue weighted by molar-refractivity contribution is 0.386. The van der Waals surface area contributed by atoms with E-state index in [4.69, 9.17) is 4.98 Å². The van der Waals surface area contributed by atoms with Crippen molar-refractivity contribution < 1.29 is 0 Å². The SMILES string of the molecule is CCN(CC)C1=CNNC(Nc2ccc3ncc(-c4cnn(C)c4)cc3n2)=C1. The zero-order valence-electron chi connectivity index (χ0n) is 16.3. The first-order chi connectivity index (χ1) is 13.7. The highest BCUT2D eigenvalue weighted by molar-refractivity contribution is 5.81. The molecule has 0 bridgehead atoms. The number of nitrogens with zero attached hydrogens (tertiary/aromatic N) is 5. The Bertz CT molecular complexity index is 1050. The third-order valence-corrected chi connectivity index (χ3v) is 4.69. The molecule has 0 saturated heterocycles. The highest BCUT2D eigenvalue weighted by atomic mass is 15.4. The first-order valence-corrected chi connectivity index (χ1v) is 9.37. The Hall–Kier alpha value is -3.55. The first-order valence-electron chi connectivity index (χ1n) is 9.37. The summed E-state index contributed by atoms with van der Waals surface area (Å²) in [6.45, 7) is 6.19. The second kappa shape index (κ2) is 7.59. The molecule has 0 amide bonds. The molecule has 3 N–H and O–H groups in total. The number of likely N-dealkylation sites (N-methyl/N-ethyl adjacent to an activating group) is 1. The molecule has 28 heavy (non-hydrogen) atoms. The number of rotatable bonds is 6. The van der Waals surface area contributed by atoms with Gasteiger partial charge in [-0.25, -0.2) is 4.98 Å². The maximum atomic E-state index is 4.73. The number of fused-ring (bicyclic) bond motifs is 1. The number of aromatic nitrogens is 4. The summed E-state index contributed by atoms with van der Waals surface area (Å²) in [6, 6.07) is 5.93. The minimum Gasteiger partial charge on any atom is -0.371 e. The molecule has 4 rings (SSSR count). The Morgan fingerprint density at radius 3 is 2.71 bits per heavy atom. The van der Waals surface area contributed by atoms with E-state index in [0.29, 0.717) is 0 Å². The van der Waals surface area contributed by atoms with Crippen LogP contribution in [0.15, 0.2) is 60.6 Å². The number of hydrogen-bond donors (Lipinski definition) is 3. The van der Waals surface area contributed by atoms with E-state index in [0.717, 1.165) is 52.6 Å². The molecule has 0 radical (unpaired) electrons. The summed E-state index contributed by atoms with van der Waals surface area (Å²) in [7, 11) is 1.90. The fraction of sp³-hybridized carbons (Fsp3) is 0.250. The van der Waals surface area contributed by atoms with Crippen molar-refractivity contribution in [1.82, 2.24) is 35.5 Å². The van der Waals surface area contributed by atoms with E-state index in [9.17, 15) is 0 Å². The van der Waals surface area contributed by atoms with E-state index >= 15 is 0 Å². The van der Waals surface area contributed by atoms with Crippen LogP contribution in [0.3, 0.4) is 0 Å². The molecule has 0 aliphatic carbocycles. The molecule has 3 aromatic rings. The Labute approximate surface area is 163 Å². The summed E-state index contributed by atoms with van der Waals surface area (Å²) in [5.74, 6) is 1.59. The summed E-state index contributed by atoms with van der Waals surface area (Å²) in [5.41, 5.74) is 11.0. The van der Waals surface area contributed by atoms with Crippen molar-refractivity contribution in [2.75, 3.05) is 18.4 Å². The van der Waals surface area contributed by atoms with Crippen LogP contribution in [0, 0.1) is 0 Å². The smallest absolute Gasteiger partial charge is 0.132 e. The number of anilines is 1. The third kappa shape index (κ3) is 3.62. The molecule has 0 unspecified atom stereocenters. The molecule has 0 saturated carbocycles. The number of hydrazine groups is 1. The second-order valence-corrected chi connectivity index (χ2v) is 6.56. The standard InChI is InChI=1S/C20H24N8/c1-4-28(5-2)16-9-20(26-22-12-16)25-19-7-6-17-18(24-19)8-14(10-21-17)15-11-23-27(3)13-15/h6-13,22,26H,4-5H2,1-3H3,(H,24,25). The van der Waals surface area contributed by atoms with Gasteiger partial charge in [-0.2, -0.15) is 5.10 Å². The van der Waals surface area contributed by atoms with Gasteiger partial charge in [0.15, 0.2) is 0 Å². The molecule has 3 aromatic heterocycles. The summed E-state index contributed by atoms with van der Waals surface area (Å²) in [5, 5.41) is 7.56. The van der Waals surface area contributed by atoms with Gasteiger partial charge < -0.3 is 15.6 Å². The van der Waals surface area contributed by atoms with Crippen molar-refractivity contribution in [3.63, 3.8) is 0 Å². The zero-order valence-corrected chi connectivity index (χ0v) is 16.3. The van der Waals surface area contributed by atoms with Gasteiger partial charge in [-0.1, -0.05) is 0 Å². The molecule has 0 fully saturated rings. The van der Waals surface area contributed by atoms with Crippen LogP contribution >= 0.6 is 0 Å². The van der Waals surface area contributed by atoms with Crippen molar-refractivity contribution in [2.45, 2.75) is 13.8 Å². The average Bonchev–Trinajstić information content (AvgIpc) is 3.15. The maximum Gasteiger partial charge on any atom is 0.132 e. The van der Waals surface area contributed by atoms with E-state index < -0.39 is 0 Å². The minimum atomic E-state index is 0.749. The molecule has 1 aliphatic rings. The highest BCUT2D eigenvalue weighted by Crippen LogP contribution is 2.22. The molecular weight excluding hydrogens is 352 g/mol. The average molecular weight is 376 g/mol. The summed E-state index contributed by atoms with van der Waals surface area (Å²) in [4.78, 5) is 11.5. The summed E-state index contributed by atoms with van der Waals surface area (Å²) in [6.07, 6.45) is 9.67. The van der Waals surface area contributed by atoms with Crippen LogP contribution in [0.25, 0.3) is 22.2 Å². The number of aryl methyl sites for hydroxylation is 1. The van der Waals surface area contributed by atoms with Crippen LogP contribution in [0.2, 0.25) is 0 Å². The number of pyridine rings is 2. The van der Waals surface area contributed by atoms with Gasteiger partial charge >= 0.3 is 0 Å². The normalized spacial score (nSPS) is 13.4. The largest absolute Gasteiger partial charge is 0.371 e. The van der Waals surface area contributed by atoms with E-state index in [1.54, 1.807) is 4.68 Å². The lowest BCUT2D eigenvalue weighted by Gasteiger charge is -2.26. The first kappa shape index (κ1) is 17.8. The molecule has 0 atom stereocenters. The predicted octanol–water partition coefficient (Wildman–Crippen LogP) is 2.57. The van der Waals surface area contributed by atoms with E-state index in [2.05, 4.69) is 51.1 Å². The molecule has 1 aliphatic heterocycles. The van der Waals surface area contributed by atoms with Gasteiger partial charge in [0.1, 0.15) is 11.6 Å². The Kier molecular flexibility index (Phi) is 4.84. The van der Waals surface area contributed by atoms with Crippen LogP contribution in [0.1, 0.15) is 13.8 Å². The number of nitrogens with one attached hydrogen (secondary N) is 3.